The summed E-state index contributed by atoms with van der Waals surface area (Å²) in [6.07, 6.45) is 0. The number of benzene rings is 1. The van der Waals surface area contributed by atoms with E-state index < -0.39 is 16.4 Å². The Morgan fingerprint density at radius 1 is 1.42 bits per heavy atom. The van der Waals surface area contributed by atoms with Crippen LogP contribution in [0.5, 0.6) is 0 Å². The Labute approximate surface area is 114 Å². The van der Waals surface area contributed by atoms with E-state index in [9.17, 15) is 14.5 Å². The number of rotatable bonds is 5. The van der Waals surface area contributed by atoms with Crippen LogP contribution in [0, 0.1) is 15.9 Å². The van der Waals surface area contributed by atoms with E-state index in [1.165, 1.54) is 12.1 Å². The lowest BCUT2D eigenvalue weighted by molar-refractivity contribution is -0.387. The molecule has 0 radical (unpaired) electrons. The number of hydrogen-bond donors (Lipinski definition) is 1. The summed E-state index contributed by atoms with van der Waals surface area (Å²) in [6, 6.07) is 8.24. The lowest BCUT2D eigenvalue weighted by Crippen LogP contribution is -2.18. The molecule has 0 amide bonds. The average Bonchev–Trinajstić information content (AvgIpc) is 2.90. The van der Waals surface area contributed by atoms with Crippen molar-refractivity contribution < 1.29 is 9.31 Å². The Balaban J connectivity index is 2.08. The Morgan fingerprint density at radius 3 is 2.84 bits per heavy atom. The Kier molecular flexibility index (Phi) is 4.24. The molecule has 1 atom stereocenters. The van der Waals surface area contributed by atoms with Gasteiger partial charge in [-0.2, -0.15) is 4.39 Å². The molecule has 0 spiro atoms. The van der Waals surface area contributed by atoms with Crippen LogP contribution in [0.1, 0.15) is 23.4 Å². The topological polar surface area (TPSA) is 55.2 Å². The van der Waals surface area contributed by atoms with E-state index in [1.54, 1.807) is 17.4 Å². The summed E-state index contributed by atoms with van der Waals surface area (Å²) in [7, 11) is 0. The molecule has 0 fully saturated rings. The van der Waals surface area contributed by atoms with E-state index in [2.05, 4.69) is 5.32 Å². The van der Waals surface area contributed by atoms with E-state index in [-0.39, 0.29) is 12.6 Å². The number of nitro benzene ring substituents is 1. The zero-order valence-electron chi connectivity index (χ0n) is 10.3. The summed E-state index contributed by atoms with van der Waals surface area (Å²) >= 11 is 1.61. The summed E-state index contributed by atoms with van der Waals surface area (Å²) in [5.41, 5.74) is -0.180. The molecule has 0 aliphatic carbocycles. The molecule has 6 heteroatoms. The molecule has 1 N–H and O–H groups in total. The van der Waals surface area contributed by atoms with Crippen molar-refractivity contribution in [3.63, 3.8) is 0 Å². The molecule has 4 nitrogen and oxygen atoms in total. The van der Waals surface area contributed by atoms with Gasteiger partial charge in [0.05, 0.1) is 4.92 Å². The molecule has 1 aromatic heterocycles. The lowest BCUT2D eigenvalue weighted by Gasteiger charge is -2.12. The highest BCUT2D eigenvalue weighted by Gasteiger charge is 2.17. The standard InChI is InChI=1S/C13H13FN2O2S/c1-9(12-6-3-7-19-12)15-8-10-4-2-5-11(13(10)14)16(17)18/h2-7,9,15H,8H2,1H3. The second-order valence-electron chi connectivity index (χ2n) is 4.13. The van der Waals surface area contributed by atoms with E-state index >= 15 is 0 Å². The minimum Gasteiger partial charge on any atom is -0.305 e. The Hall–Kier alpha value is -1.79. The predicted octanol–water partition coefficient (Wildman–Crippen LogP) is 3.65. The smallest absolute Gasteiger partial charge is 0.305 e. The summed E-state index contributed by atoms with van der Waals surface area (Å²) < 4.78 is 13.8. The van der Waals surface area contributed by atoms with Gasteiger partial charge in [-0.05, 0) is 18.4 Å². The first-order chi connectivity index (χ1) is 9.09. The Bertz CT molecular complexity index is 572. The molecule has 2 rings (SSSR count). The van der Waals surface area contributed by atoms with Crippen LogP contribution in [0.25, 0.3) is 0 Å². The SMILES string of the molecule is CC(NCc1cccc([N+](=O)[O-])c1F)c1cccs1. The van der Waals surface area contributed by atoms with Crippen molar-refractivity contribution in [1.29, 1.82) is 0 Å². The van der Waals surface area contributed by atoms with Crippen LogP contribution in [0.3, 0.4) is 0 Å². The molecule has 1 unspecified atom stereocenters. The van der Waals surface area contributed by atoms with Crippen molar-refractivity contribution in [2.45, 2.75) is 19.5 Å². The van der Waals surface area contributed by atoms with Crippen molar-refractivity contribution in [2.24, 2.45) is 0 Å². The zero-order valence-corrected chi connectivity index (χ0v) is 11.1. The molecule has 0 saturated heterocycles. The third kappa shape index (κ3) is 3.15. The summed E-state index contributed by atoms with van der Waals surface area (Å²) in [5, 5.41) is 15.8. The summed E-state index contributed by atoms with van der Waals surface area (Å²) in [5.74, 6) is -0.765. The van der Waals surface area contributed by atoms with Crippen LogP contribution in [-0.2, 0) is 6.54 Å². The first kappa shape index (κ1) is 13.6. The van der Waals surface area contributed by atoms with E-state index in [0.717, 1.165) is 4.88 Å². The molecule has 0 aliphatic rings. The number of thiophene rings is 1. The molecule has 0 aliphatic heterocycles. The molecule has 0 bridgehead atoms. The number of hydrogen-bond acceptors (Lipinski definition) is 4. The summed E-state index contributed by atoms with van der Waals surface area (Å²) in [6.45, 7) is 2.23. The zero-order chi connectivity index (χ0) is 13.8. The van der Waals surface area contributed by atoms with Gasteiger partial charge >= 0.3 is 5.69 Å². The maximum atomic E-state index is 13.8. The molecular weight excluding hydrogens is 267 g/mol. The highest BCUT2D eigenvalue weighted by atomic mass is 32.1. The average molecular weight is 280 g/mol. The van der Waals surface area contributed by atoms with Gasteiger partial charge in [0.1, 0.15) is 0 Å². The van der Waals surface area contributed by atoms with E-state index in [1.807, 2.05) is 24.4 Å². The maximum Gasteiger partial charge on any atom is 0.305 e. The molecule has 100 valence electrons. The van der Waals surface area contributed by atoms with Gasteiger partial charge in [-0.3, -0.25) is 10.1 Å². The van der Waals surface area contributed by atoms with Crippen molar-refractivity contribution in [3.8, 4) is 0 Å². The van der Waals surface area contributed by atoms with Gasteiger partial charge in [-0.15, -0.1) is 11.3 Å². The Morgan fingerprint density at radius 2 is 2.21 bits per heavy atom. The minimum absolute atomic E-state index is 0.0821. The normalized spacial score (nSPS) is 12.3. The molecule has 2 aromatic rings. The van der Waals surface area contributed by atoms with Gasteiger partial charge in [0.15, 0.2) is 0 Å². The van der Waals surface area contributed by atoms with Crippen molar-refractivity contribution in [2.75, 3.05) is 0 Å². The molecule has 1 heterocycles. The fraction of sp³-hybridized carbons (Fsp3) is 0.231. The third-order valence-electron chi connectivity index (χ3n) is 2.82. The first-order valence-corrected chi connectivity index (χ1v) is 6.66. The van der Waals surface area contributed by atoms with Crippen molar-refractivity contribution in [1.82, 2.24) is 5.32 Å². The molecule has 19 heavy (non-hydrogen) atoms. The highest BCUT2D eigenvalue weighted by molar-refractivity contribution is 7.10. The molecule has 0 saturated carbocycles. The van der Waals surface area contributed by atoms with Crippen LogP contribution in [0.15, 0.2) is 35.7 Å². The van der Waals surface area contributed by atoms with E-state index in [0.29, 0.717) is 5.56 Å². The van der Waals surface area contributed by atoms with Crippen LogP contribution in [0.4, 0.5) is 10.1 Å². The van der Waals surface area contributed by atoms with Crippen LogP contribution in [-0.4, -0.2) is 4.92 Å². The summed E-state index contributed by atoms with van der Waals surface area (Å²) in [4.78, 5) is 11.1. The van der Waals surface area contributed by atoms with Gasteiger partial charge in [-0.1, -0.05) is 18.2 Å². The number of nitrogens with zero attached hydrogens (tertiary/aromatic N) is 1. The molecular formula is C13H13FN2O2S. The molecule has 1 aromatic carbocycles. The van der Waals surface area contributed by atoms with Gasteiger partial charge in [-0.25, -0.2) is 0 Å². The van der Waals surface area contributed by atoms with Gasteiger partial charge < -0.3 is 5.32 Å². The quantitative estimate of drug-likeness (QED) is 0.672. The minimum atomic E-state index is -0.765. The van der Waals surface area contributed by atoms with Crippen molar-refractivity contribution in [3.05, 3.63) is 62.1 Å². The third-order valence-corrected chi connectivity index (χ3v) is 3.88. The van der Waals surface area contributed by atoms with Gasteiger partial charge in [0.25, 0.3) is 0 Å². The monoisotopic (exact) mass is 280 g/mol. The van der Waals surface area contributed by atoms with Crippen LogP contribution >= 0.6 is 11.3 Å². The van der Waals surface area contributed by atoms with Gasteiger partial charge in [0.2, 0.25) is 5.82 Å². The van der Waals surface area contributed by atoms with E-state index in [4.69, 9.17) is 0 Å². The second-order valence-corrected chi connectivity index (χ2v) is 5.10. The lowest BCUT2D eigenvalue weighted by atomic mass is 10.1. The fourth-order valence-electron chi connectivity index (χ4n) is 1.75. The fourth-order valence-corrected chi connectivity index (χ4v) is 2.50. The highest BCUT2D eigenvalue weighted by Crippen LogP contribution is 2.22. The maximum absolute atomic E-state index is 13.8. The number of nitro groups is 1. The predicted molar refractivity (Wildman–Crippen MR) is 72.6 cm³/mol. The largest absolute Gasteiger partial charge is 0.305 e. The van der Waals surface area contributed by atoms with Crippen LogP contribution < -0.4 is 5.32 Å². The second kappa shape index (κ2) is 5.90. The van der Waals surface area contributed by atoms with Crippen LogP contribution in [0.2, 0.25) is 0 Å². The number of halogens is 1. The van der Waals surface area contributed by atoms with Gasteiger partial charge in [0, 0.05) is 29.1 Å². The van der Waals surface area contributed by atoms with Crippen molar-refractivity contribution >= 4 is 17.0 Å². The number of nitrogens with one attached hydrogen (secondary N) is 1. The first-order valence-electron chi connectivity index (χ1n) is 5.78.